The highest BCUT2D eigenvalue weighted by atomic mass is 35.5. The lowest BCUT2D eigenvalue weighted by Gasteiger charge is -2.16. The van der Waals surface area contributed by atoms with Gasteiger partial charge in [-0.2, -0.15) is 13.2 Å². The van der Waals surface area contributed by atoms with Gasteiger partial charge in [0.1, 0.15) is 0 Å². The zero-order valence-electron chi connectivity index (χ0n) is 15.1. The maximum absolute atomic E-state index is 12.8. The first-order chi connectivity index (χ1) is 13.8. The molecular weight excluding hydrogens is 407 g/mol. The molecule has 3 rings (SSSR count). The molecule has 0 bridgehead atoms. The number of benzene rings is 1. The Morgan fingerprint density at radius 3 is 2.48 bits per heavy atom. The molecule has 150 valence electrons. The van der Waals surface area contributed by atoms with Crippen LogP contribution in [0.1, 0.15) is 41.1 Å². The predicted molar refractivity (Wildman–Crippen MR) is 100 cm³/mol. The standard InChI is InChI=1S/C19H15ClF3N5O/c1-2-13(14-7-8-25-18(20)28-14)27-17(29)12-5-3-11(4-6-12)15-9-24-10-16(26-15)19(21,22)23/h3-10,13H,2H2,1H3,(H,27,29). The van der Waals surface area contributed by atoms with Crippen molar-refractivity contribution in [1.29, 1.82) is 0 Å². The lowest BCUT2D eigenvalue weighted by molar-refractivity contribution is -0.141. The first-order valence-electron chi connectivity index (χ1n) is 8.57. The molecule has 1 unspecified atom stereocenters. The molecule has 6 nitrogen and oxygen atoms in total. The second-order valence-electron chi connectivity index (χ2n) is 6.05. The summed E-state index contributed by atoms with van der Waals surface area (Å²) in [6.45, 7) is 1.89. The van der Waals surface area contributed by atoms with Crippen molar-refractivity contribution in [1.82, 2.24) is 25.3 Å². The fourth-order valence-electron chi connectivity index (χ4n) is 2.60. The van der Waals surface area contributed by atoms with E-state index in [1.807, 2.05) is 6.92 Å². The van der Waals surface area contributed by atoms with Gasteiger partial charge in [0, 0.05) is 17.3 Å². The molecule has 0 radical (unpaired) electrons. The van der Waals surface area contributed by atoms with Gasteiger partial charge in [-0.15, -0.1) is 0 Å². The van der Waals surface area contributed by atoms with E-state index >= 15 is 0 Å². The number of rotatable bonds is 5. The van der Waals surface area contributed by atoms with E-state index in [2.05, 4.69) is 25.3 Å². The number of aromatic nitrogens is 4. The Labute approximate surface area is 169 Å². The third kappa shape index (κ3) is 5.05. The van der Waals surface area contributed by atoms with Gasteiger partial charge in [-0.25, -0.2) is 15.0 Å². The van der Waals surface area contributed by atoms with E-state index in [1.165, 1.54) is 36.7 Å². The largest absolute Gasteiger partial charge is 0.434 e. The van der Waals surface area contributed by atoms with Crippen molar-refractivity contribution in [3.8, 4) is 11.3 Å². The zero-order valence-corrected chi connectivity index (χ0v) is 15.9. The van der Waals surface area contributed by atoms with Crippen molar-refractivity contribution < 1.29 is 18.0 Å². The van der Waals surface area contributed by atoms with Crippen LogP contribution >= 0.6 is 11.6 Å². The van der Waals surface area contributed by atoms with E-state index < -0.39 is 11.9 Å². The van der Waals surface area contributed by atoms with Crippen molar-refractivity contribution in [2.45, 2.75) is 25.6 Å². The number of hydrogen-bond acceptors (Lipinski definition) is 5. The Bertz CT molecular complexity index is 1010. The highest BCUT2D eigenvalue weighted by Crippen LogP contribution is 2.28. The second kappa shape index (κ2) is 8.52. The van der Waals surface area contributed by atoms with Gasteiger partial charge >= 0.3 is 6.18 Å². The smallest absolute Gasteiger partial charge is 0.344 e. The quantitative estimate of drug-likeness (QED) is 0.614. The summed E-state index contributed by atoms with van der Waals surface area (Å²) in [5.74, 6) is -0.353. The average molecular weight is 422 g/mol. The minimum absolute atomic E-state index is 0.0637. The van der Waals surface area contributed by atoms with E-state index in [1.54, 1.807) is 6.07 Å². The number of nitrogens with zero attached hydrogens (tertiary/aromatic N) is 4. The van der Waals surface area contributed by atoms with Crippen LogP contribution in [0.5, 0.6) is 0 Å². The molecule has 1 aromatic carbocycles. The monoisotopic (exact) mass is 421 g/mol. The average Bonchev–Trinajstić information content (AvgIpc) is 2.71. The molecule has 1 N–H and O–H groups in total. The van der Waals surface area contributed by atoms with Gasteiger partial charge in [0.2, 0.25) is 5.28 Å². The topological polar surface area (TPSA) is 80.7 Å². The molecule has 1 amide bonds. The molecular formula is C19H15ClF3N5O. The SMILES string of the molecule is CCC(NC(=O)c1ccc(-c2cncc(C(F)(F)F)n2)cc1)c1ccnc(Cl)n1. The van der Waals surface area contributed by atoms with Gasteiger partial charge in [0.25, 0.3) is 5.91 Å². The summed E-state index contributed by atoms with van der Waals surface area (Å²) in [6, 6.07) is 7.34. The summed E-state index contributed by atoms with van der Waals surface area (Å²) in [4.78, 5) is 27.6. The van der Waals surface area contributed by atoms with Crippen molar-refractivity contribution in [2.24, 2.45) is 0 Å². The lowest BCUT2D eigenvalue weighted by Crippen LogP contribution is -2.28. The summed E-state index contributed by atoms with van der Waals surface area (Å²) < 4.78 is 38.4. The van der Waals surface area contributed by atoms with E-state index in [0.29, 0.717) is 29.4 Å². The Kier molecular flexibility index (Phi) is 6.07. The molecule has 0 aliphatic rings. The number of hydrogen-bond donors (Lipinski definition) is 1. The van der Waals surface area contributed by atoms with Crippen LogP contribution in [-0.4, -0.2) is 25.8 Å². The molecule has 0 saturated heterocycles. The maximum atomic E-state index is 12.8. The minimum Gasteiger partial charge on any atom is -0.344 e. The summed E-state index contributed by atoms with van der Waals surface area (Å²) in [5.41, 5.74) is 0.318. The van der Waals surface area contributed by atoms with Gasteiger partial charge in [-0.3, -0.25) is 9.78 Å². The molecule has 10 heteroatoms. The fourth-order valence-corrected chi connectivity index (χ4v) is 2.76. The molecule has 0 saturated carbocycles. The van der Waals surface area contributed by atoms with Gasteiger partial charge in [-0.05, 0) is 36.2 Å². The molecule has 0 aliphatic carbocycles. The number of carbonyl (C=O) groups is 1. The normalized spacial score (nSPS) is 12.4. The molecule has 29 heavy (non-hydrogen) atoms. The predicted octanol–water partition coefficient (Wildman–Crippen LogP) is 4.49. The van der Waals surface area contributed by atoms with Crippen LogP contribution in [0.15, 0.2) is 48.9 Å². The third-order valence-corrected chi connectivity index (χ3v) is 4.27. The summed E-state index contributed by atoms with van der Waals surface area (Å²) in [5, 5.41) is 2.94. The Morgan fingerprint density at radius 1 is 1.14 bits per heavy atom. The van der Waals surface area contributed by atoms with E-state index in [0.717, 1.165) is 0 Å². The highest BCUT2D eigenvalue weighted by molar-refractivity contribution is 6.28. The Balaban J connectivity index is 1.77. The lowest BCUT2D eigenvalue weighted by atomic mass is 10.1. The molecule has 0 fully saturated rings. The number of amides is 1. The molecule has 0 spiro atoms. The van der Waals surface area contributed by atoms with Crippen LogP contribution in [0.2, 0.25) is 5.28 Å². The van der Waals surface area contributed by atoms with E-state index in [9.17, 15) is 18.0 Å². The Morgan fingerprint density at radius 2 is 1.86 bits per heavy atom. The minimum atomic E-state index is -4.58. The van der Waals surface area contributed by atoms with Crippen LogP contribution in [0.25, 0.3) is 11.3 Å². The molecule has 2 aromatic heterocycles. The molecule has 0 aliphatic heterocycles. The Hall–Kier alpha value is -3.07. The molecule has 1 atom stereocenters. The summed E-state index contributed by atoms with van der Waals surface area (Å²) in [7, 11) is 0. The van der Waals surface area contributed by atoms with Crippen LogP contribution in [0, 0.1) is 0 Å². The number of halogens is 4. The summed E-state index contributed by atoms with van der Waals surface area (Å²) in [6.07, 6.45) is -0.602. The molecule has 2 heterocycles. The summed E-state index contributed by atoms with van der Waals surface area (Å²) >= 11 is 5.80. The number of nitrogens with one attached hydrogen (secondary N) is 1. The highest BCUT2D eigenvalue weighted by Gasteiger charge is 2.33. The first-order valence-corrected chi connectivity index (χ1v) is 8.94. The molecule has 3 aromatic rings. The zero-order chi connectivity index (χ0) is 21.0. The van der Waals surface area contributed by atoms with Crippen LogP contribution in [0.4, 0.5) is 13.2 Å². The van der Waals surface area contributed by atoms with Crippen LogP contribution in [-0.2, 0) is 6.18 Å². The van der Waals surface area contributed by atoms with E-state index in [4.69, 9.17) is 11.6 Å². The second-order valence-corrected chi connectivity index (χ2v) is 6.39. The number of alkyl halides is 3. The maximum Gasteiger partial charge on any atom is 0.434 e. The number of carbonyl (C=O) groups excluding carboxylic acids is 1. The van der Waals surface area contributed by atoms with Gasteiger partial charge in [0.05, 0.1) is 29.8 Å². The van der Waals surface area contributed by atoms with Crippen LogP contribution in [0.3, 0.4) is 0 Å². The van der Waals surface area contributed by atoms with Crippen molar-refractivity contribution in [3.05, 3.63) is 71.2 Å². The van der Waals surface area contributed by atoms with Crippen molar-refractivity contribution in [2.75, 3.05) is 0 Å². The fraction of sp³-hybridized carbons (Fsp3) is 0.211. The van der Waals surface area contributed by atoms with Crippen molar-refractivity contribution >= 4 is 17.5 Å². The van der Waals surface area contributed by atoms with E-state index in [-0.39, 0.29) is 22.9 Å². The van der Waals surface area contributed by atoms with Gasteiger partial charge in [0.15, 0.2) is 5.69 Å². The van der Waals surface area contributed by atoms with Gasteiger partial charge < -0.3 is 5.32 Å². The van der Waals surface area contributed by atoms with Crippen LogP contribution < -0.4 is 5.32 Å². The van der Waals surface area contributed by atoms with Gasteiger partial charge in [-0.1, -0.05) is 19.1 Å². The first kappa shape index (κ1) is 20.7. The third-order valence-electron chi connectivity index (χ3n) is 4.09. The van der Waals surface area contributed by atoms with Crippen molar-refractivity contribution in [3.63, 3.8) is 0 Å².